The first kappa shape index (κ1) is 7.46. The molecular weight excluding hydrogens is 128 g/mol. The maximum atomic E-state index is 2.31. The van der Waals surface area contributed by atoms with Crippen molar-refractivity contribution >= 4 is 11.8 Å². The maximum Gasteiger partial charge on any atom is -0.00676 e. The van der Waals surface area contributed by atoms with Crippen molar-refractivity contribution in [2.75, 3.05) is 12.0 Å². The summed E-state index contributed by atoms with van der Waals surface area (Å²) in [6.07, 6.45) is 6.61. The molecule has 0 saturated heterocycles. The lowest BCUT2D eigenvalue weighted by Crippen LogP contribution is -1.83. The van der Waals surface area contributed by atoms with E-state index in [9.17, 15) is 0 Å². The predicted octanol–water partition coefficient (Wildman–Crippen LogP) is 2.79. The van der Waals surface area contributed by atoms with Crippen LogP contribution in [0.15, 0.2) is 0 Å². The minimum atomic E-state index is 1.11. The molecule has 54 valence electrons. The van der Waals surface area contributed by atoms with Crippen LogP contribution >= 0.6 is 11.8 Å². The fraction of sp³-hybridized carbons (Fsp3) is 1.00. The van der Waals surface area contributed by atoms with E-state index in [1.807, 2.05) is 11.8 Å². The van der Waals surface area contributed by atoms with Crippen LogP contribution in [0.5, 0.6) is 0 Å². The standard InChI is InChI=1S/C8H16S/c1-3-7-6-8(7)4-5-9-2/h7-8H,3-6H2,1-2H3. The second-order valence-corrected chi connectivity index (χ2v) is 3.93. The van der Waals surface area contributed by atoms with Gasteiger partial charge in [0.2, 0.25) is 0 Å². The SMILES string of the molecule is CCC1CC1CCSC. The second kappa shape index (κ2) is 3.50. The van der Waals surface area contributed by atoms with Gasteiger partial charge in [-0.3, -0.25) is 0 Å². The zero-order valence-electron chi connectivity index (χ0n) is 6.39. The van der Waals surface area contributed by atoms with Gasteiger partial charge in [0.15, 0.2) is 0 Å². The average molecular weight is 144 g/mol. The lowest BCUT2D eigenvalue weighted by molar-refractivity contribution is 0.667. The molecule has 1 fully saturated rings. The summed E-state index contributed by atoms with van der Waals surface area (Å²) in [4.78, 5) is 0. The number of hydrogen-bond acceptors (Lipinski definition) is 1. The van der Waals surface area contributed by atoms with E-state index in [0.29, 0.717) is 0 Å². The van der Waals surface area contributed by atoms with Gasteiger partial charge in [-0.05, 0) is 36.7 Å². The van der Waals surface area contributed by atoms with Crippen LogP contribution in [0.1, 0.15) is 26.2 Å². The molecule has 1 rings (SSSR count). The van der Waals surface area contributed by atoms with Crippen molar-refractivity contribution in [1.82, 2.24) is 0 Å². The molecule has 0 N–H and O–H groups in total. The second-order valence-electron chi connectivity index (χ2n) is 2.95. The summed E-state index contributed by atoms with van der Waals surface area (Å²) in [7, 11) is 0. The van der Waals surface area contributed by atoms with Gasteiger partial charge in [-0.15, -0.1) is 0 Å². The van der Waals surface area contributed by atoms with Gasteiger partial charge in [-0.25, -0.2) is 0 Å². The fourth-order valence-corrected chi connectivity index (χ4v) is 1.97. The van der Waals surface area contributed by atoms with Crippen LogP contribution in [0.4, 0.5) is 0 Å². The first-order chi connectivity index (χ1) is 4.38. The maximum absolute atomic E-state index is 2.31. The summed E-state index contributed by atoms with van der Waals surface area (Å²) in [5.74, 6) is 3.60. The summed E-state index contributed by atoms with van der Waals surface area (Å²) in [5.41, 5.74) is 0. The highest BCUT2D eigenvalue weighted by atomic mass is 32.2. The Bertz CT molecular complexity index is 80.6. The van der Waals surface area contributed by atoms with Crippen LogP contribution in [0, 0.1) is 11.8 Å². The molecule has 9 heavy (non-hydrogen) atoms. The fourth-order valence-electron chi connectivity index (χ4n) is 1.43. The van der Waals surface area contributed by atoms with E-state index in [1.54, 1.807) is 0 Å². The van der Waals surface area contributed by atoms with Crippen LogP contribution in [0.25, 0.3) is 0 Å². The van der Waals surface area contributed by atoms with Crippen molar-refractivity contribution < 1.29 is 0 Å². The Balaban J connectivity index is 1.92. The van der Waals surface area contributed by atoms with Gasteiger partial charge in [0.05, 0.1) is 0 Å². The van der Waals surface area contributed by atoms with E-state index in [4.69, 9.17) is 0 Å². The van der Waals surface area contributed by atoms with Gasteiger partial charge in [0.1, 0.15) is 0 Å². The number of hydrogen-bond donors (Lipinski definition) is 0. The Labute approximate surface area is 62.4 Å². The van der Waals surface area contributed by atoms with E-state index in [1.165, 1.54) is 25.0 Å². The van der Waals surface area contributed by atoms with Gasteiger partial charge < -0.3 is 0 Å². The highest BCUT2D eigenvalue weighted by Gasteiger charge is 2.33. The summed E-state index contributed by atoms with van der Waals surface area (Å²) in [5, 5.41) is 0. The molecule has 1 aliphatic rings. The van der Waals surface area contributed by atoms with Gasteiger partial charge in [-0.2, -0.15) is 11.8 Å². The van der Waals surface area contributed by atoms with Crippen LogP contribution in [0.2, 0.25) is 0 Å². The molecule has 0 spiro atoms. The monoisotopic (exact) mass is 144 g/mol. The van der Waals surface area contributed by atoms with Crippen molar-refractivity contribution in [3.63, 3.8) is 0 Å². The molecule has 0 aromatic rings. The summed E-state index contributed by atoms with van der Waals surface area (Å²) in [6, 6.07) is 0. The minimum absolute atomic E-state index is 1.11. The Morgan fingerprint density at radius 3 is 2.67 bits per heavy atom. The molecule has 0 aromatic heterocycles. The highest BCUT2D eigenvalue weighted by molar-refractivity contribution is 7.98. The molecule has 0 radical (unpaired) electrons. The van der Waals surface area contributed by atoms with Crippen molar-refractivity contribution in [2.45, 2.75) is 26.2 Å². The number of rotatable bonds is 4. The third-order valence-electron chi connectivity index (χ3n) is 2.29. The Morgan fingerprint density at radius 2 is 2.22 bits per heavy atom. The molecule has 0 amide bonds. The first-order valence-corrected chi connectivity index (χ1v) is 5.26. The van der Waals surface area contributed by atoms with Crippen molar-refractivity contribution in [3.05, 3.63) is 0 Å². The summed E-state index contributed by atoms with van der Waals surface area (Å²) < 4.78 is 0. The molecule has 2 atom stereocenters. The number of thioether (sulfide) groups is 1. The normalized spacial score (nSPS) is 32.7. The molecule has 0 aliphatic heterocycles. The largest absolute Gasteiger partial charge is 0.165 e. The van der Waals surface area contributed by atoms with Crippen LogP contribution < -0.4 is 0 Å². The van der Waals surface area contributed by atoms with Gasteiger partial charge in [0.25, 0.3) is 0 Å². The highest BCUT2D eigenvalue weighted by Crippen LogP contribution is 2.43. The predicted molar refractivity (Wildman–Crippen MR) is 44.9 cm³/mol. The molecular formula is C8H16S. The van der Waals surface area contributed by atoms with Crippen molar-refractivity contribution in [2.24, 2.45) is 11.8 Å². The third kappa shape index (κ3) is 2.21. The zero-order valence-corrected chi connectivity index (χ0v) is 7.21. The minimum Gasteiger partial charge on any atom is -0.165 e. The summed E-state index contributed by atoms with van der Waals surface area (Å²) in [6.45, 7) is 2.31. The summed E-state index contributed by atoms with van der Waals surface area (Å²) >= 11 is 1.98. The van der Waals surface area contributed by atoms with Crippen LogP contribution in [-0.4, -0.2) is 12.0 Å². The zero-order chi connectivity index (χ0) is 6.69. The van der Waals surface area contributed by atoms with Crippen molar-refractivity contribution in [3.8, 4) is 0 Å². The molecule has 0 bridgehead atoms. The van der Waals surface area contributed by atoms with Gasteiger partial charge in [0, 0.05) is 0 Å². The van der Waals surface area contributed by atoms with E-state index in [-0.39, 0.29) is 0 Å². The smallest absolute Gasteiger partial charge is 0.00676 e. The molecule has 1 aliphatic carbocycles. The van der Waals surface area contributed by atoms with Crippen LogP contribution in [0.3, 0.4) is 0 Å². The van der Waals surface area contributed by atoms with E-state index < -0.39 is 0 Å². The van der Waals surface area contributed by atoms with E-state index in [0.717, 1.165) is 11.8 Å². The molecule has 0 heterocycles. The van der Waals surface area contributed by atoms with Gasteiger partial charge in [-0.1, -0.05) is 13.3 Å². The molecule has 2 unspecified atom stereocenters. The van der Waals surface area contributed by atoms with Crippen molar-refractivity contribution in [1.29, 1.82) is 0 Å². The quantitative estimate of drug-likeness (QED) is 0.584. The molecule has 0 aromatic carbocycles. The van der Waals surface area contributed by atoms with E-state index >= 15 is 0 Å². The lowest BCUT2D eigenvalue weighted by atomic mass is 10.2. The van der Waals surface area contributed by atoms with Crippen LogP contribution in [-0.2, 0) is 0 Å². The third-order valence-corrected chi connectivity index (χ3v) is 2.93. The lowest BCUT2D eigenvalue weighted by Gasteiger charge is -1.93. The topological polar surface area (TPSA) is 0 Å². The van der Waals surface area contributed by atoms with Gasteiger partial charge >= 0.3 is 0 Å². The first-order valence-electron chi connectivity index (χ1n) is 3.87. The molecule has 1 heteroatoms. The Kier molecular flexibility index (Phi) is 2.90. The average Bonchev–Trinajstić information content (AvgIpc) is 2.62. The molecule has 1 saturated carbocycles. The van der Waals surface area contributed by atoms with E-state index in [2.05, 4.69) is 13.2 Å². The Morgan fingerprint density at radius 1 is 1.44 bits per heavy atom. The molecule has 0 nitrogen and oxygen atoms in total. The Hall–Kier alpha value is 0.350.